The van der Waals surface area contributed by atoms with Gasteiger partial charge in [0, 0.05) is 17.8 Å². The Balaban J connectivity index is 2.37. The molecule has 0 aliphatic carbocycles. The molecule has 0 radical (unpaired) electrons. The molecule has 1 amide bonds. The molecule has 0 heterocycles. The summed E-state index contributed by atoms with van der Waals surface area (Å²) in [5.41, 5.74) is 6.35. The maximum atomic E-state index is 10.9. The highest BCUT2D eigenvalue weighted by Gasteiger charge is 2.15. The molecule has 0 aliphatic heterocycles. The van der Waals surface area contributed by atoms with Gasteiger partial charge >= 0.3 is 0 Å². The van der Waals surface area contributed by atoms with Crippen molar-refractivity contribution in [2.75, 3.05) is 11.9 Å². The number of benzene rings is 1. The van der Waals surface area contributed by atoms with E-state index in [1.165, 1.54) is 0 Å². The van der Waals surface area contributed by atoms with Crippen LogP contribution in [0.3, 0.4) is 0 Å². The summed E-state index contributed by atoms with van der Waals surface area (Å²) in [6, 6.07) is 9.34. The molecule has 18 heavy (non-hydrogen) atoms. The molecule has 1 rings (SSSR count). The molecule has 4 heteroatoms. The van der Waals surface area contributed by atoms with E-state index in [1.54, 1.807) is 12.1 Å². The Kier molecular flexibility index (Phi) is 4.73. The van der Waals surface area contributed by atoms with Crippen molar-refractivity contribution in [3.8, 4) is 6.07 Å². The lowest BCUT2D eigenvalue weighted by molar-refractivity contribution is 0.100. The first-order valence-electron chi connectivity index (χ1n) is 5.99. The maximum absolute atomic E-state index is 10.9. The Labute approximate surface area is 108 Å². The quantitative estimate of drug-likeness (QED) is 0.756. The lowest BCUT2D eigenvalue weighted by Gasteiger charge is -2.15. The van der Waals surface area contributed by atoms with Gasteiger partial charge in [-0.15, -0.1) is 0 Å². The molecule has 4 nitrogen and oxygen atoms in total. The van der Waals surface area contributed by atoms with E-state index in [9.17, 15) is 4.79 Å². The van der Waals surface area contributed by atoms with Crippen molar-refractivity contribution in [1.29, 1.82) is 5.26 Å². The second kappa shape index (κ2) is 6.06. The van der Waals surface area contributed by atoms with E-state index in [1.807, 2.05) is 26.0 Å². The first-order chi connectivity index (χ1) is 8.44. The van der Waals surface area contributed by atoms with Crippen molar-refractivity contribution >= 4 is 11.6 Å². The molecule has 0 saturated carbocycles. The van der Waals surface area contributed by atoms with Crippen molar-refractivity contribution < 1.29 is 4.79 Å². The monoisotopic (exact) mass is 245 g/mol. The van der Waals surface area contributed by atoms with Gasteiger partial charge < -0.3 is 11.1 Å². The van der Waals surface area contributed by atoms with E-state index in [2.05, 4.69) is 11.4 Å². The van der Waals surface area contributed by atoms with Crippen LogP contribution in [0.15, 0.2) is 24.3 Å². The lowest BCUT2D eigenvalue weighted by Crippen LogP contribution is -2.12. The molecule has 96 valence electrons. The molecule has 0 aromatic heterocycles. The zero-order valence-corrected chi connectivity index (χ0v) is 10.9. The zero-order chi connectivity index (χ0) is 13.6. The van der Waals surface area contributed by atoms with E-state index >= 15 is 0 Å². The number of hydrogen-bond donors (Lipinski definition) is 2. The Morgan fingerprint density at radius 3 is 2.50 bits per heavy atom. The van der Waals surface area contributed by atoms with Gasteiger partial charge in [-0.3, -0.25) is 4.79 Å². The lowest BCUT2D eigenvalue weighted by atomic mass is 9.90. The van der Waals surface area contributed by atoms with E-state index in [0.717, 1.165) is 25.1 Å². The van der Waals surface area contributed by atoms with Gasteiger partial charge in [0.2, 0.25) is 5.91 Å². The number of nitrogens with two attached hydrogens (primary N) is 1. The summed E-state index contributed by atoms with van der Waals surface area (Å²) in [4.78, 5) is 10.9. The summed E-state index contributed by atoms with van der Waals surface area (Å²) in [6.45, 7) is 4.68. The highest BCUT2D eigenvalue weighted by atomic mass is 16.1. The Bertz CT molecular complexity index is 443. The van der Waals surface area contributed by atoms with Crippen molar-refractivity contribution in [1.82, 2.24) is 0 Å². The predicted octanol–water partition coefficient (Wildman–Crippen LogP) is 2.53. The van der Waals surface area contributed by atoms with Gasteiger partial charge in [0.25, 0.3) is 0 Å². The van der Waals surface area contributed by atoms with Crippen molar-refractivity contribution in [2.45, 2.75) is 26.7 Å². The largest absolute Gasteiger partial charge is 0.385 e. The topological polar surface area (TPSA) is 78.9 Å². The second-order valence-corrected chi connectivity index (χ2v) is 4.97. The van der Waals surface area contributed by atoms with Gasteiger partial charge in [-0.1, -0.05) is 0 Å². The van der Waals surface area contributed by atoms with Gasteiger partial charge in [0.05, 0.1) is 11.5 Å². The Morgan fingerprint density at radius 2 is 2.00 bits per heavy atom. The van der Waals surface area contributed by atoms with Crippen LogP contribution in [0.5, 0.6) is 0 Å². The molecule has 0 unspecified atom stereocenters. The summed E-state index contributed by atoms with van der Waals surface area (Å²) in [5.74, 6) is -0.419. The molecule has 0 aliphatic rings. The fourth-order valence-electron chi connectivity index (χ4n) is 1.57. The van der Waals surface area contributed by atoms with E-state index in [4.69, 9.17) is 11.0 Å². The third-order valence-electron chi connectivity index (χ3n) is 2.78. The number of primary amides is 1. The van der Waals surface area contributed by atoms with E-state index in [-0.39, 0.29) is 5.41 Å². The van der Waals surface area contributed by atoms with E-state index in [0.29, 0.717) is 5.56 Å². The smallest absolute Gasteiger partial charge is 0.248 e. The number of nitrogens with one attached hydrogen (secondary N) is 1. The van der Waals surface area contributed by atoms with Crippen LogP contribution in [0, 0.1) is 16.7 Å². The molecule has 3 N–H and O–H groups in total. The fraction of sp³-hybridized carbons (Fsp3) is 0.429. The van der Waals surface area contributed by atoms with Gasteiger partial charge in [-0.25, -0.2) is 0 Å². The number of anilines is 1. The van der Waals surface area contributed by atoms with Crippen LogP contribution in [0.2, 0.25) is 0 Å². The van der Waals surface area contributed by atoms with Gasteiger partial charge in [-0.2, -0.15) is 5.26 Å². The number of hydrogen-bond acceptors (Lipinski definition) is 3. The summed E-state index contributed by atoms with van der Waals surface area (Å²) >= 11 is 0. The molecule has 0 bridgehead atoms. The average Bonchev–Trinajstić information content (AvgIpc) is 2.35. The Morgan fingerprint density at radius 1 is 1.39 bits per heavy atom. The second-order valence-electron chi connectivity index (χ2n) is 4.97. The van der Waals surface area contributed by atoms with Crippen LogP contribution in [0.25, 0.3) is 0 Å². The van der Waals surface area contributed by atoms with Gasteiger partial charge in [-0.05, 0) is 51.0 Å². The third kappa shape index (κ3) is 4.46. The average molecular weight is 245 g/mol. The maximum Gasteiger partial charge on any atom is 0.248 e. The van der Waals surface area contributed by atoms with Crippen molar-refractivity contribution in [3.63, 3.8) is 0 Å². The molecule has 1 aromatic rings. The number of rotatable bonds is 6. The molecular formula is C14H19N3O. The van der Waals surface area contributed by atoms with Crippen molar-refractivity contribution in [2.24, 2.45) is 11.1 Å². The third-order valence-corrected chi connectivity index (χ3v) is 2.78. The van der Waals surface area contributed by atoms with Crippen LogP contribution in [-0.4, -0.2) is 12.5 Å². The number of nitrogens with zero attached hydrogens (tertiary/aromatic N) is 1. The van der Waals surface area contributed by atoms with Crippen LogP contribution in [0.1, 0.15) is 37.0 Å². The Hall–Kier alpha value is -2.02. The molecule has 0 atom stereocenters. The predicted molar refractivity (Wildman–Crippen MR) is 72.1 cm³/mol. The van der Waals surface area contributed by atoms with Crippen LogP contribution in [-0.2, 0) is 0 Å². The summed E-state index contributed by atoms with van der Waals surface area (Å²) in [6.07, 6.45) is 1.79. The summed E-state index contributed by atoms with van der Waals surface area (Å²) < 4.78 is 0. The minimum atomic E-state index is -0.419. The normalized spacial score (nSPS) is 10.7. The van der Waals surface area contributed by atoms with E-state index < -0.39 is 5.91 Å². The van der Waals surface area contributed by atoms with Crippen molar-refractivity contribution in [3.05, 3.63) is 29.8 Å². The summed E-state index contributed by atoms with van der Waals surface area (Å²) in [5, 5.41) is 12.1. The fourth-order valence-corrected chi connectivity index (χ4v) is 1.57. The molecule has 0 spiro atoms. The molecule has 0 saturated heterocycles. The summed E-state index contributed by atoms with van der Waals surface area (Å²) in [7, 11) is 0. The first kappa shape index (κ1) is 14.0. The first-order valence-corrected chi connectivity index (χ1v) is 5.99. The number of carbonyl (C=O) groups excluding carboxylic acids is 1. The molecular weight excluding hydrogens is 226 g/mol. The number of amides is 1. The van der Waals surface area contributed by atoms with Crippen LogP contribution >= 0.6 is 0 Å². The number of nitriles is 1. The molecule has 1 aromatic carbocycles. The minimum Gasteiger partial charge on any atom is -0.385 e. The molecule has 0 fully saturated rings. The highest BCUT2D eigenvalue weighted by Crippen LogP contribution is 2.20. The standard InChI is InChI=1S/C14H19N3O/c1-14(2,10-15)8-3-9-17-12-6-4-11(5-7-12)13(16)18/h4-7,17H,3,8-9H2,1-2H3,(H2,16,18). The number of carbonyl (C=O) groups is 1. The zero-order valence-electron chi connectivity index (χ0n) is 10.9. The van der Waals surface area contributed by atoms with Gasteiger partial charge in [0.1, 0.15) is 0 Å². The van der Waals surface area contributed by atoms with Crippen LogP contribution in [0.4, 0.5) is 5.69 Å². The van der Waals surface area contributed by atoms with Gasteiger partial charge in [0.15, 0.2) is 0 Å². The van der Waals surface area contributed by atoms with Crippen LogP contribution < -0.4 is 11.1 Å². The minimum absolute atomic E-state index is 0.266. The highest BCUT2D eigenvalue weighted by molar-refractivity contribution is 5.93. The SMILES string of the molecule is CC(C)(C#N)CCCNc1ccc(C(N)=O)cc1.